The molecule has 3 aromatic rings. The average Bonchev–Trinajstić information content (AvgIpc) is 3.07. The van der Waals surface area contributed by atoms with Gasteiger partial charge < -0.3 is 14.6 Å². The molecular weight excluding hydrogens is 321 g/mol. The highest BCUT2D eigenvalue weighted by molar-refractivity contribution is 5.57. The molecule has 4 rings (SSSR count). The van der Waals surface area contributed by atoms with Gasteiger partial charge in [0, 0.05) is 37.0 Å². The molecule has 6 heteroatoms. The third-order valence-electron chi connectivity index (χ3n) is 4.38. The quantitative estimate of drug-likeness (QED) is 0.748. The zero-order valence-electron chi connectivity index (χ0n) is 13.6. The number of hydrogen-bond donors (Lipinski definition) is 1. The van der Waals surface area contributed by atoms with Crippen molar-refractivity contribution >= 4 is 0 Å². The van der Waals surface area contributed by atoms with Crippen molar-refractivity contribution in [1.82, 2.24) is 15.5 Å². The highest BCUT2D eigenvalue weighted by Gasteiger charge is 2.39. The van der Waals surface area contributed by atoms with Crippen molar-refractivity contribution in [3.63, 3.8) is 0 Å². The minimum Gasteiger partial charge on any atom is -0.377 e. The van der Waals surface area contributed by atoms with E-state index in [4.69, 9.17) is 9.26 Å². The Morgan fingerprint density at radius 3 is 2.52 bits per heavy atom. The third-order valence-corrected chi connectivity index (χ3v) is 4.38. The van der Waals surface area contributed by atoms with Gasteiger partial charge in [-0.25, -0.2) is 4.39 Å². The van der Waals surface area contributed by atoms with Crippen molar-refractivity contribution in [1.29, 1.82) is 0 Å². The standard InChI is InChI=1S/C19H18FN3O2/c20-16-3-1-15(2-4-16)18-9-17(23-25-18)10-19(12-24-13-19)22-11-14-5-7-21-8-6-14/h1-9,22H,10-13H2. The van der Waals surface area contributed by atoms with Crippen molar-refractivity contribution in [2.75, 3.05) is 13.2 Å². The van der Waals surface area contributed by atoms with Gasteiger partial charge in [-0.1, -0.05) is 5.16 Å². The molecule has 0 bridgehead atoms. The zero-order chi connectivity index (χ0) is 17.1. The van der Waals surface area contributed by atoms with Gasteiger partial charge in [0.25, 0.3) is 0 Å². The van der Waals surface area contributed by atoms with E-state index < -0.39 is 0 Å². The van der Waals surface area contributed by atoms with Crippen LogP contribution in [0.3, 0.4) is 0 Å². The number of nitrogens with one attached hydrogen (secondary N) is 1. The maximum absolute atomic E-state index is 13.0. The molecule has 1 N–H and O–H groups in total. The molecule has 0 radical (unpaired) electrons. The Morgan fingerprint density at radius 2 is 1.84 bits per heavy atom. The molecule has 0 spiro atoms. The summed E-state index contributed by atoms with van der Waals surface area (Å²) in [4.78, 5) is 4.03. The number of benzene rings is 1. The fourth-order valence-corrected chi connectivity index (χ4v) is 2.90. The molecule has 3 heterocycles. The summed E-state index contributed by atoms with van der Waals surface area (Å²) in [5.74, 6) is 0.369. The fraction of sp³-hybridized carbons (Fsp3) is 0.263. The molecule has 0 amide bonds. The molecule has 1 aliphatic rings. The van der Waals surface area contributed by atoms with Crippen LogP contribution in [-0.4, -0.2) is 28.9 Å². The summed E-state index contributed by atoms with van der Waals surface area (Å²) in [5, 5.41) is 7.73. The van der Waals surface area contributed by atoms with Gasteiger partial charge >= 0.3 is 0 Å². The predicted octanol–water partition coefficient (Wildman–Crippen LogP) is 2.98. The SMILES string of the molecule is Fc1ccc(-c2cc(CC3(NCc4ccncc4)COC3)no2)cc1. The maximum Gasteiger partial charge on any atom is 0.167 e. The molecule has 1 aliphatic heterocycles. The van der Waals surface area contributed by atoms with Crippen LogP contribution in [0.5, 0.6) is 0 Å². The second kappa shape index (κ2) is 6.74. The lowest BCUT2D eigenvalue weighted by atomic mass is 9.90. The lowest BCUT2D eigenvalue weighted by Gasteiger charge is -2.42. The predicted molar refractivity (Wildman–Crippen MR) is 90.2 cm³/mol. The van der Waals surface area contributed by atoms with Crippen molar-refractivity contribution in [3.8, 4) is 11.3 Å². The van der Waals surface area contributed by atoms with Gasteiger partial charge in [0.05, 0.1) is 24.4 Å². The van der Waals surface area contributed by atoms with E-state index in [1.54, 1.807) is 24.5 Å². The Labute approximate surface area is 144 Å². The van der Waals surface area contributed by atoms with Gasteiger partial charge in [-0.3, -0.25) is 4.98 Å². The molecule has 25 heavy (non-hydrogen) atoms. The monoisotopic (exact) mass is 339 g/mol. The molecule has 1 aromatic carbocycles. The lowest BCUT2D eigenvalue weighted by molar-refractivity contribution is -0.0755. The van der Waals surface area contributed by atoms with E-state index >= 15 is 0 Å². The summed E-state index contributed by atoms with van der Waals surface area (Å²) in [6.07, 6.45) is 4.28. The number of ether oxygens (including phenoxy) is 1. The van der Waals surface area contributed by atoms with Crippen LogP contribution in [0, 0.1) is 5.82 Å². The largest absolute Gasteiger partial charge is 0.377 e. The van der Waals surface area contributed by atoms with Crippen LogP contribution in [-0.2, 0) is 17.7 Å². The minimum absolute atomic E-state index is 0.139. The van der Waals surface area contributed by atoms with Gasteiger partial charge in [0.2, 0.25) is 0 Å². The number of nitrogens with zero attached hydrogens (tertiary/aromatic N) is 2. The number of rotatable bonds is 6. The van der Waals surface area contributed by atoms with Crippen molar-refractivity contribution in [3.05, 3.63) is 71.9 Å². The van der Waals surface area contributed by atoms with Gasteiger partial charge in [-0.15, -0.1) is 0 Å². The van der Waals surface area contributed by atoms with E-state index in [1.165, 1.54) is 17.7 Å². The zero-order valence-corrected chi connectivity index (χ0v) is 13.6. The second-order valence-corrected chi connectivity index (χ2v) is 6.35. The summed E-state index contributed by atoms with van der Waals surface area (Å²) < 4.78 is 23.9. The molecule has 0 aliphatic carbocycles. The average molecular weight is 339 g/mol. The third kappa shape index (κ3) is 3.60. The molecule has 128 valence electrons. The Kier molecular flexibility index (Phi) is 4.29. The molecule has 2 aromatic heterocycles. The van der Waals surface area contributed by atoms with Crippen LogP contribution < -0.4 is 5.32 Å². The normalized spacial score (nSPS) is 15.7. The number of aromatic nitrogens is 2. The van der Waals surface area contributed by atoms with E-state index in [2.05, 4.69) is 15.5 Å². The summed E-state index contributed by atoms with van der Waals surface area (Å²) in [7, 11) is 0. The summed E-state index contributed by atoms with van der Waals surface area (Å²) in [5.41, 5.74) is 2.70. The number of halogens is 1. The molecule has 0 atom stereocenters. The Morgan fingerprint density at radius 1 is 1.08 bits per heavy atom. The molecule has 0 unspecified atom stereocenters. The van der Waals surface area contributed by atoms with E-state index in [9.17, 15) is 4.39 Å². The van der Waals surface area contributed by atoms with Crippen LogP contribution >= 0.6 is 0 Å². The molecule has 0 saturated carbocycles. The first kappa shape index (κ1) is 15.9. The lowest BCUT2D eigenvalue weighted by Crippen LogP contribution is -2.61. The van der Waals surface area contributed by atoms with Crippen LogP contribution in [0.1, 0.15) is 11.3 Å². The van der Waals surface area contributed by atoms with Crippen LogP contribution in [0.15, 0.2) is 59.4 Å². The fourth-order valence-electron chi connectivity index (χ4n) is 2.90. The summed E-state index contributed by atoms with van der Waals surface area (Å²) in [6, 6.07) is 12.1. The number of hydrogen-bond acceptors (Lipinski definition) is 5. The molecular formula is C19H18FN3O2. The van der Waals surface area contributed by atoms with Crippen LogP contribution in [0.2, 0.25) is 0 Å². The summed E-state index contributed by atoms with van der Waals surface area (Å²) >= 11 is 0. The first-order valence-corrected chi connectivity index (χ1v) is 8.16. The van der Waals surface area contributed by atoms with Gasteiger partial charge in [0.1, 0.15) is 5.82 Å². The second-order valence-electron chi connectivity index (χ2n) is 6.35. The topological polar surface area (TPSA) is 60.2 Å². The Balaban J connectivity index is 1.44. The minimum atomic E-state index is -0.269. The molecule has 1 saturated heterocycles. The van der Waals surface area contributed by atoms with Gasteiger partial charge in [0.15, 0.2) is 5.76 Å². The highest BCUT2D eigenvalue weighted by Crippen LogP contribution is 2.26. The van der Waals surface area contributed by atoms with Gasteiger partial charge in [-0.2, -0.15) is 0 Å². The smallest absolute Gasteiger partial charge is 0.167 e. The van der Waals surface area contributed by atoms with Crippen molar-refractivity contribution in [2.24, 2.45) is 0 Å². The van der Waals surface area contributed by atoms with Gasteiger partial charge in [-0.05, 0) is 42.0 Å². The molecule has 5 nitrogen and oxygen atoms in total. The van der Waals surface area contributed by atoms with Crippen molar-refractivity contribution in [2.45, 2.75) is 18.5 Å². The van der Waals surface area contributed by atoms with E-state index in [0.29, 0.717) is 25.4 Å². The maximum atomic E-state index is 13.0. The van der Waals surface area contributed by atoms with E-state index in [-0.39, 0.29) is 11.4 Å². The first-order chi connectivity index (χ1) is 12.2. The number of pyridine rings is 1. The molecule has 1 fully saturated rings. The summed E-state index contributed by atoms with van der Waals surface area (Å²) in [6.45, 7) is 2.02. The van der Waals surface area contributed by atoms with Crippen molar-refractivity contribution < 1.29 is 13.7 Å². The Bertz CT molecular complexity index is 829. The first-order valence-electron chi connectivity index (χ1n) is 8.16. The Hall–Kier alpha value is -2.57. The highest BCUT2D eigenvalue weighted by atomic mass is 19.1. The van der Waals surface area contributed by atoms with E-state index in [0.717, 1.165) is 17.8 Å². The van der Waals surface area contributed by atoms with E-state index in [1.807, 2.05) is 18.2 Å². The van der Waals surface area contributed by atoms with Crippen LogP contribution in [0.4, 0.5) is 4.39 Å². The van der Waals surface area contributed by atoms with Crippen LogP contribution in [0.25, 0.3) is 11.3 Å².